The van der Waals surface area contributed by atoms with Gasteiger partial charge in [0.1, 0.15) is 11.6 Å². The molecule has 3 rings (SSSR count). The number of ketones is 1. The second-order valence-corrected chi connectivity index (χ2v) is 6.95. The normalized spacial score (nSPS) is 15.8. The maximum Gasteiger partial charge on any atom is 0.273 e. The Morgan fingerprint density at radius 1 is 1.17 bits per heavy atom. The first kappa shape index (κ1) is 15.2. The van der Waals surface area contributed by atoms with E-state index in [0.29, 0.717) is 29.8 Å². The maximum absolute atomic E-state index is 12.7. The largest absolute Gasteiger partial charge is 0.294 e. The highest BCUT2D eigenvalue weighted by Crippen LogP contribution is 2.35. The standard InChI is InChI=1S/C19H18N2O2/c1-12-5-4-6-14(7-12)21-16-9-19(2,3)10-17(22)15(16)8-13(11-20)18(21)23/h4-8H,9-10H2,1-3H3. The third-order valence-corrected chi connectivity index (χ3v) is 4.27. The van der Waals surface area contributed by atoms with Crippen molar-refractivity contribution < 1.29 is 4.79 Å². The second kappa shape index (κ2) is 5.20. The first-order valence-electron chi connectivity index (χ1n) is 7.62. The van der Waals surface area contributed by atoms with Crippen molar-refractivity contribution in [3.05, 3.63) is 63.1 Å². The number of hydrogen-bond donors (Lipinski definition) is 0. The van der Waals surface area contributed by atoms with Crippen molar-refractivity contribution in [3.63, 3.8) is 0 Å². The van der Waals surface area contributed by atoms with E-state index in [-0.39, 0.29) is 22.3 Å². The van der Waals surface area contributed by atoms with Gasteiger partial charge in [0.15, 0.2) is 5.78 Å². The molecule has 1 aromatic heterocycles. The minimum Gasteiger partial charge on any atom is -0.294 e. The van der Waals surface area contributed by atoms with Gasteiger partial charge in [0.25, 0.3) is 5.56 Å². The number of aryl methyl sites for hydroxylation is 1. The first-order valence-corrected chi connectivity index (χ1v) is 7.62. The van der Waals surface area contributed by atoms with Crippen LogP contribution >= 0.6 is 0 Å². The number of nitrogens with zero attached hydrogens (tertiary/aromatic N) is 2. The summed E-state index contributed by atoms with van der Waals surface area (Å²) in [5, 5.41) is 9.26. The Labute approximate surface area is 135 Å². The molecule has 0 radical (unpaired) electrons. The number of hydrogen-bond acceptors (Lipinski definition) is 3. The van der Waals surface area contributed by atoms with Gasteiger partial charge < -0.3 is 0 Å². The number of nitriles is 1. The van der Waals surface area contributed by atoms with Gasteiger partial charge in [0.2, 0.25) is 0 Å². The predicted molar refractivity (Wildman–Crippen MR) is 87.9 cm³/mol. The SMILES string of the molecule is Cc1cccc(-n2c3c(cc(C#N)c2=O)C(=O)CC(C)(C)C3)c1. The Balaban J connectivity index is 2.39. The van der Waals surface area contributed by atoms with Crippen molar-refractivity contribution in [3.8, 4) is 11.8 Å². The Kier molecular flexibility index (Phi) is 3.45. The summed E-state index contributed by atoms with van der Waals surface area (Å²) < 4.78 is 1.54. The summed E-state index contributed by atoms with van der Waals surface area (Å²) in [6.07, 6.45) is 1.06. The molecule has 0 saturated carbocycles. The van der Waals surface area contributed by atoms with Crippen molar-refractivity contribution in [1.29, 1.82) is 5.26 Å². The van der Waals surface area contributed by atoms with Crippen LogP contribution in [0.3, 0.4) is 0 Å². The molecular formula is C19H18N2O2. The number of fused-ring (bicyclic) bond motifs is 1. The molecular weight excluding hydrogens is 288 g/mol. The van der Waals surface area contributed by atoms with Crippen molar-refractivity contribution in [2.75, 3.05) is 0 Å². The summed E-state index contributed by atoms with van der Waals surface area (Å²) in [4.78, 5) is 25.2. The fraction of sp³-hybridized carbons (Fsp3) is 0.316. The van der Waals surface area contributed by atoms with Crippen LogP contribution in [0.2, 0.25) is 0 Å². The van der Waals surface area contributed by atoms with Gasteiger partial charge in [-0.3, -0.25) is 14.2 Å². The zero-order chi connectivity index (χ0) is 16.8. The van der Waals surface area contributed by atoms with E-state index < -0.39 is 0 Å². The Morgan fingerprint density at radius 3 is 2.57 bits per heavy atom. The molecule has 0 spiro atoms. The summed E-state index contributed by atoms with van der Waals surface area (Å²) >= 11 is 0. The van der Waals surface area contributed by atoms with Crippen molar-refractivity contribution in [2.45, 2.75) is 33.6 Å². The third kappa shape index (κ3) is 2.59. The van der Waals surface area contributed by atoms with Gasteiger partial charge in [0.05, 0.1) is 0 Å². The van der Waals surface area contributed by atoms with Gasteiger partial charge in [-0.05, 0) is 42.5 Å². The zero-order valence-corrected chi connectivity index (χ0v) is 13.5. The Hall–Kier alpha value is -2.67. The van der Waals surface area contributed by atoms with Crippen LogP contribution in [0.1, 0.15) is 47.4 Å². The van der Waals surface area contributed by atoms with Crippen LogP contribution in [0.15, 0.2) is 35.1 Å². The van der Waals surface area contributed by atoms with Gasteiger partial charge in [-0.25, -0.2) is 0 Å². The summed E-state index contributed by atoms with van der Waals surface area (Å²) in [7, 11) is 0. The maximum atomic E-state index is 12.7. The molecule has 4 heteroatoms. The van der Waals surface area contributed by atoms with E-state index in [1.165, 1.54) is 6.07 Å². The minimum absolute atomic E-state index is 0.00541. The highest BCUT2D eigenvalue weighted by molar-refractivity contribution is 5.99. The molecule has 0 aliphatic heterocycles. The van der Waals surface area contributed by atoms with Crippen molar-refractivity contribution in [2.24, 2.45) is 5.41 Å². The first-order chi connectivity index (χ1) is 10.8. The number of pyridine rings is 1. The van der Waals surface area contributed by atoms with Crippen LogP contribution in [0, 0.1) is 23.7 Å². The van der Waals surface area contributed by atoms with Crippen LogP contribution in [0.25, 0.3) is 5.69 Å². The van der Waals surface area contributed by atoms with Crippen LogP contribution in [-0.2, 0) is 6.42 Å². The predicted octanol–water partition coefficient (Wildman–Crippen LogP) is 3.17. The molecule has 1 aromatic carbocycles. The Morgan fingerprint density at radius 2 is 1.91 bits per heavy atom. The fourth-order valence-corrected chi connectivity index (χ4v) is 3.23. The van der Waals surface area contributed by atoms with E-state index in [1.54, 1.807) is 4.57 Å². The molecule has 0 bridgehead atoms. The lowest BCUT2D eigenvalue weighted by molar-refractivity contribution is 0.0909. The fourth-order valence-electron chi connectivity index (χ4n) is 3.23. The average Bonchev–Trinajstić information content (AvgIpc) is 2.45. The lowest BCUT2D eigenvalue weighted by atomic mass is 9.75. The molecule has 1 aliphatic carbocycles. The smallest absolute Gasteiger partial charge is 0.273 e. The molecule has 0 atom stereocenters. The van der Waals surface area contributed by atoms with Crippen molar-refractivity contribution in [1.82, 2.24) is 4.57 Å². The molecule has 0 fully saturated rings. The van der Waals surface area contributed by atoms with Crippen LogP contribution in [0.5, 0.6) is 0 Å². The van der Waals surface area contributed by atoms with Gasteiger partial charge in [0, 0.05) is 23.4 Å². The van der Waals surface area contributed by atoms with Gasteiger partial charge in [-0.1, -0.05) is 26.0 Å². The molecule has 0 amide bonds. The lowest BCUT2D eigenvalue weighted by Crippen LogP contribution is -2.35. The van der Waals surface area contributed by atoms with E-state index in [2.05, 4.69) is 0 Å². The number of rotatable bonds is 1. The van der Waals surface area contributed by atoms with Gasteiger partial charge in [-0.2, -0.15) is 5.26 Å². The molecule has 116 valence electrons. The van der Waals surface area contributed by atoms with Gasteiger partial charge in [-0.15, -0.1) is 0 Å². The topological polar surface area (TPSA) is 62.9 Å². The van der Waals surface area contributed by atoms with E-state index in [0.717, 1.165) is 5.56 Å². The van der Waals surface area contributed by atoms with E-state index in [1.807, 2.05) is 51.1 Å². The minimum atomic E-state index is -0.359. The molecule has 23 heavy (non-hydrogen) atoms. The number of carbonyl (C=O) groups excluding carboxylic acids is 1. The molecule has 1 heterocycles. The summed E-state index contributed by atoms with van der Waals surface area (Å²) in [6.45, 7) is 6.00. The van der Waals surface area contributed by atoms with Crippen LogP contribution in [-0.4, -0.2) is 10.4 Å². The molecule has 4 nitrogen and oxygen atoms in total. The van der Waals surface area contributed by atoms with E-state index >= 15 is 0 Å². The van der Waals surface area contributed by atoms with Crippen molar-refractivity contribution >= 4 is 5.78 Å². The second-order valence-electron chi connectivity index (χ2n) is 6.95. The lowest BCUT2D eigenvalue weighted by Gasteiger charge is -2.32. The van der Waals surface area contributed by atoms with Gasteiger partial charge >= 0.3 is 0 Å². The highest BCUT2D eigenvalue weighted by atomic mass is 16.1. The van der Waals surface area contributed by atoms with E-state index in [4.69, 9.17) is 0 Å². The average molecular weight is 306 g/mol. The summed E-state index contributed by atoms with van der Waals surface area (Å²) in [6, 6.07) is 10.9. The summed E-state index contributed by atoms with van der Waals surface area (Å²) in [5.41, 5.74) is 2.39. The number of aromatic nitrogens is 1. The molecule has 0 N–H and O–H groups in total. The monoisotopic (exact) mass is 306 g/mol. The molecule has 0 unspecified atom stereocenters. The summed E-state index contributed by atoms with van der Waals surface area (Å²) in [5.74, 6) is -0.00541. The van der Waals surface area contributed by atoms with Crippen LogP contribution < -0.4 is 5.56 Å². The molecule has 2 aromatic rings. The number of carbonyl (C=O) groups is 1. The molecule has 0 saturated heterocycles. The highest BCUT2D eigenvalue weighted by Gasteiger charge is 2.34. The quantitative estimate of drug-likeness (QED) is 0.813. The van der Waals surface area contributed by atoms with E-state index in [9.17, 15) is 14.9 Å². The zero-order valence-electron chi connectivity index (χ0n) is 13.5. The third-order valence-electron chi connectivity index (χ3n) is 4.27. The number of benzene rings is 1. The molecule has 1 aliphatic rings. The van der Waals surface area contributed by atoms with Crippen LogP contribution in [0.4, 0.5) is 0 Å². The number of Topliss-reactive ketones (excluding diaryl/α,β-unsaturated/α-hetero) is 1. The Bertz CT molecular complexity index is 914.